The van der Waals surface area contributed by atoms with Crippen molar-refractivity contribution >= 4 is 33.2 Å². The number of carbonyl (C=O) groups is 1. The van der Waals surface area contributed by atoms with Crippen LogP contribution in [0.3, 0.4) is 0 Å². The molecule has 0 saturated heterocycles. The van der Waals surface area contributed by atoms with Crippen LogP contribution in [-0.2, 0) is 6.54 Å². The molecule has 0 bridgehead atoms. The fourth-order valence-electron chi connectivity index (χ4n) is 1.58. The van der Waals surface area contributed by atoms with Crippen LogP contribution in [-0.4, -0.2) is 15.5 Å². The maximum Gasteiger partial charge on any atom is 0.294 e. The summed E-state index contributed by atoms with van der Waals surface area (Å²) in [5.41, 5.74) is 3.22. The average molecular weight is 343 g/mol. The lowest BCUT2D eigenvalue weighted by molar-refractivity contribution is 0.0953. The van der Waals surface area contributed by atoms with Crippen molar-refractivity contribution in [3.8, 4) is 0 Å². The molecule has 0 fully saturated rings. The Bertz CT molecular complexity index is 680. The zero-order chi connectivity index (χ0) is 14.0. The van der Waals surface area contributed by atoms with E-state index in [1.807, 2.05) is 5.43 Å². The van der Waals surface area contributed by atoms with Gasteiger partial charge < -0.3 is 4.57 Å². The van der Waals surface area contributed by atoms with Crippen LogP contribution in [0.2, 0.25) is 0 Å². The standard InChI is InChI=1S/C11H11BrN4O2S/c1-6-2-7(12)3-16(11(6)18)4-8-5-19-10(14-8)9(17)15-13/h2-3,5H,4,13H2,1H3,(H,15,17). The molecular formula is C11H11BrN4O2S. The van der Waals surface area contributed by atoms with Crippen LogP contribution in [0.15, 0.2) is 26.9 Å². The molecule has 3 N–H and O–H groups in total. The minimum Gasteiger partial charge on any atom is -0.308 e. The Hall–Kier alpha value is -1.51. The lowest BCUT2D eigenvalue weighted by Gasteiger charge is -2.05. The molecule has 1 amide bonds. The molecule has 0 radical (unpaired) electrons. The van der Waals surface area contributed by atoms with Gasteiger partial charge in [0.05, 0.1) is 12.2 Å². The van der Waals surface area contributed by atoms with Gasteiger partial charge in [0.2, 0.25) is 0 Å². The molecule has 2 rings (SSSR count). The highest BCUT2D eigenvalue weighted by Gasteiger charge is 2.10. The molecule has 0 unspecified atom stereocenters. The molecule has 0 spiro atoms. The van der Waals surface area contributed by atoms with Gasteiger partial charge in [-0.15, -0.1) is 11.3 Å². The van der Waals surface area contributed by atoms with Crippen LogP contribution >= 0.6 is 27.3 Å². The number of nitrogen functional groups attached to an aromatic ring is 1. The van der Waals surface area contributed by atoms with Gasteiger partial charge in [-0.25, -0.2) is 10.8 Å². The van der Waals surface area contributed by atoms with Crippen LogP contribution in [0.4, 0.5) is 0 Å². The van der Waals surface area contributed by atoms with E-state index < -0.39 is 5.91 Å². The number of aromatic nitrogens is 2. The molecule has 0 atom stereocenters. The number of hydrazine groups is 1. The Balaban J connectivity index is 2.29. The van der Waals surface area contributed by atoms with Gasteiger partial charge in [-0.2, -0.15) is 0 Å². The van der Waals surface area contributed by atoms with Crippen LogP contribution < -0.4 is 16.8 Å². The van der Waals surface area contributed by atoms with Crippen LogP contribution in [0.25, 0.3) is 0 Å². The number of halogens is 1. The number of nitrogens with one attached hydrogen (secondary N) is 1. The predicted octanol–water partition coefficient (Wildman–Crippen LogP) is 1.03. The molecule has 6 nitrogen and oxygen atoms in total. The zero-order valence-corrected chi connectivity index (χ0v) is 12.4. The van der Waals surface area contributed by atoms with E-state index >= 15 is 0 Å². The van der Waals surface area contributed by atoms with Gasteiger partial charge >= 0.3 is 0 Å². The van der Waals surface area contributed by atoms with E-state index in [1.54, 1.807) is 29.1 Å². The number of aryl methyl sites for hydroxylation is 1. The lowest BCUT2D eigenvalue weighted by Crippen LogP contribution is -2.30. The van der Waals surface area contributed by atoms with Gasteiger partial charge in [0, 0.05) is 21.6 Å². The highest BCUT2D eigenvalue weighted by Crippen LogP contribution is 2.12. The molecule has 0 aliphatic carbocycles. The zero-order valence-electron chi connectivity index (χ0n) is 10.0. The van der Waals surface area contributed by atoms with E-state index in [9.17, 15) is 9.59 Å². The third-order valence-electron chi connectivity index (χ3n) is 2.44. The average Bonchev–Trinajstić information content (AvgIpc) is 2.83. The first-order valence-corrected chi connectivity index (χ1v) is 7.00. The van der Waals surface area contributed by atoms with Gasteiger partial charge in [0.1, 0.15) is 0 Å². The number of nitrogens with zero attached hydrogens (tertiary/aromatic N) is 2. The third kappa shape index (κ3) is 3.09. The molecule has 2 aromatic rings. The Morgan fingerprint density at radius 3 is 3.05 bits per heavy atom. The number of pyridine rings is 1. The second-order valence-corrected chi connectivity index (χ2v) is 5.67. The molecule has 2 heterocycles. The minimum atomic E-state index is -0.436. The van der Waals surface area contributed by atoms with Gasteiger partial charge in [-0.1, -0.05) is 0 Å². The first-order chi connectivity index (χ1) is 9.01. The second kappa shape index (κ2) is 5.64. The predicted molar refractivity (Wildman–Crippen MR) is 76.0 cm³/mol. The first kappa shape index (κ1) is 13.9. The smallest absolute Gasteiger partial charge is 0.294 e. The van der Waals surface area contributed by atoms with Crippen molar-refractivity contribution < 1.29 is 4.79 Å². The van der Waals surface area contributed by atoms with Crippen molar-refractivity contribution in [2.24, 2.45) is 5.84 Å². The van der Waals surface area contributed by atoms with E-state index in [0.29, 0.717) is 17.8 Å². The van der Waals surface area contributed by atoms with Crippen molar-refractivity contribution in [1.29, 1.82) is 0 Å². The van der Waals surface area contributed by atoms with Crippen molar-refractivity contribution in [2.75, 3.05) is 0 Å². The largest absolute Gasteiger partial charge is 0.308 e. The summed E-state index contributed by atoms with van der Waals surface area (Å²) in [4.78, 5) is 27.4. The summed E-state index contributed by atoms with van der Waals surface area (Å²) in [5, 5.41) is 2.00. The Morgan fingerprint density at radius 2 is 2.37 bits per heavy atom. The summed E-state index contributed by atoms with van der Waals surface area (Å²) < 4.78 is 2.36. The maximum atomic E-state index is 11.9. The molecule has 0 aliphatic heterocycles. The molecule has 8 heteroatoms. The number of nitrogens with two attached hydrogens (primary N) is 1. The van der Waals surface area contributed by atoms with Crippen LogP contribution in [0, 0.1) is 6.92 Å². The van der Waals surface area contributed by atoms with Gasteiger partial charge in [-0.05, 0) is 28.9 Å². The van der Waals surface area contributed by atoms with E-state index in [2.05, 4.69) is 20.9 Å². The summed E-state index contributed by atoms with van der Waals surface area (Å²) in [5.74, 6) is 4.60. The van der Waals surface area contributed by atoms with Gasteiger partial charge in [0.25, 0.3) is 11.5 Å². The molecule has 0 saturated carbocycles. The molecule has 100 valence electrons. The highest BCUT2D eigenvalue weighted by atomic mass is 79.9. The molecular weight excluding hydrogens is 332 g/mol. The summed E-state index contributed by atoms with van der Waals surface area (Å²) in [6.07, 6.45) is 1.69. The van der Waals surface area contributed by atoms with Crippen molar-refractivity contribution in [3.63, 3.8) is 0 Å². The fraction of sp³-hybridized carbons (Fsp3) is 0.182. The van der Waals surface area contributed by atoms with Crippen molar-refractivity contribution in [2.45, 2.75) is 13.5 Å². The Kier molecular flexibility index (Phi) is 4.13. The summed E-state index contributed by atoms with van der Waals surface area (Å²) >= 11 is 4.53. The Morgan fingerprint density at radius 1 is 1.63 bits per heavy atom. The molecule has 19 heavy (non-hydrogen) atoms. The molecule has 0 aromatic carbocycles. The monoisotopic (exact) mass is 342 g/mol. The topological polar surface area (TPSA) is 90.0 Å². The molecule has 0 aliphatic rings. The van der Waals surface area contributed by atoms with Crippen molar-refractivity contribution in [1.82, 2.24) is 15.0 Å². The number of rotatable bonds is 3. The number of carbonyl (C=O) groups excluding carboxylic acids is 1. The quantitative estimate of drug-likeness (QED) is 0.495. The number of hydrogen-bond acceptors (Lipinski definition) is 5. The minimum absolute atomic E-state index is 0.0824. The van der Waals surface area contributed by atoms with Crippen LogP contribution in [0.1, 0.15) is 21.1 Å². The summed E-state index contributed by atoms with van der Waals surface area (Å²) in [6, 6.07) is 1.76. The van der Waals surface area contributed by atoms with E-state index in [1.165, 1.54) is 11.3 Å². The summed E-state index contributed by atoms with van der Waals surface area (Å²) in [6.45, 7) is 2.06. The van der Waals surface area contributed by atoms with E-state index in [0.717, 1.165) is 4.47 Å². The second-order valence-electron chi connectivity index (χ2n) is 3.89. The summed E-state index contributed by atoms with van der Waals surface area (Å²) in [7, 11) is 0. The number of thiazole rings is 1. The first-order valence-electron chi connectivity index (χ1n) is 5.33. The number of amides is 1. The van der Waals surface area contributed by atoms with E-state index in [4.69, 9.17) is 5.84 Å². The Labute approximate surface area is 121 Å². The normalized spacial score (nSPS) is 10.5. The fourth-order valence-corrected chi connectivity index (χ4v) is 2.88. The van der Waals surface area contributed by atoms with E-state index in [-0.39, 0.29) is 10.6 Å². The highest BCUT2D eigenvalue weighted by molar-refractivity contribution is 9.10. The van der Waals surface area contributed by atoms with Gasteiger partial charge in [0.15, 0.2) is 5.01 Å². The molecule has 2 aromatic heterocycles. The van der Waals surface area contributed by atoms with Gasteiger partial charge in [-0.3, -0.25) is 15.0 Å². The third-order valence-corrected chi connectivity index (χ3v) is 3.76. The number of hydrogen-bond donors (Lipinski definition) is 2. The lowest BCUT2D eigenvalue weighted by atomic mass is 10.3. The van der Waals surface area contributed by atoms with Crippen LogP contribution in [0.5, 0.6) is 0 Å². The maximum absolute atomic E-state index is 11.9. The van der Waals surface area contributed by atoms with Crippen molar-refractivity contribution in [3.05, 3.63) is 48.7 Å². The SMILES string of the molecule is Cc1cc(Br)cn(Cc2csc(C(=O)NN)n2)c1=O.